The molecule has 1 aromatic carbocycles. The highest BCUT2D eigenvalue weighted by Gasteiger charge is 2.19. The number of unbranched alkanes of at least 4 members (excludes halogenated alkanes) is 1. The molecule has 174 valence electrons. The van der Waals surface area contributed by atoms with Crippen LogP contribution in [0.5, 0.6) is 11.5 Å². The van der Waals surface area contributed by atoms with Crippen LogP contribution in [-0.4, -0.2) is 75.0 Å². The van der Waals surface area contributed by atoms with Crippen LogP contribution in [0.15, 0.2) is 18.2 Å². The Balaban J connectivity index is 1.99. The minimum absolute atomic E-state index is 0.0499. The maximum absolute atomic E-state index is 11.7. The summed E-state index contributed by atoms with van der Waals surface area (Å²) in [6.07, 6.45) is 1.82. The highest BCUT2D eigenvalue weighted by molar-refractivity contribution is 5.70. The monoisotopic (exact) mass is 440 g/mol. The summed E-state index contributed by atoms with van der Waals surface area (Å²) in [7, 11) is 0. The van der Waals surface area contributed by atoms with Gasteiger partial charge in [0.2, 0.25) is 0 Å². The average Bonchev–Trinajstić information content (AvgIpc) is 2.74. The third-order valence-corrected chi connectivity index (χ3v) is 4.75. The van der Waals surface area contributed by atoms with E-state index in [4.69, 9.17) is 28.8 Å². The second-order valence-electron chi connectivity index (χ2n) is 7.19. The summed E-state index contributed by atoms with van der Waals surface area (Å²) in [6, 6.07) is 5.40. The molecule has 0 aliphatic carbocycles. The van der Waals surface area contributed by atoms with Crippen molar-refractivity contribution in [2.75, 3.05) is 52.9 Å². The Labute approximate surface area is 182 Å². The molecule has 1 aliphatic rings. The lowest BCUT2D eigenvalue weighted by molar-refractivity contribution is -0.142. The van der Waals surface area contributed by atoms with Crippen molar-refractivity contribution < 1.29 is 43.5 Å². The van der Waals surface area contributed by atoms with Gasteiger partial charge in [-0.3, -0.25) is 9.59 Å². The number of hydrogen-bond acceptors (Lipinski definition) is 7. The van der Waals surface area contributed by atoms with Crippen LogP contribution in [0.1, 0.15) is 31.2 Å². The lowest BCUT2D eigenvalue weighted by Crippen LogP contribution is -2.17. The number of ether oxygens (including phenoxy) is 5. The maximum atomic E-state index is 11.7. The summed E-state index contributed by atoms with van der Waals surface area (Å²) >= 11 is 0. The van der Waals surface area contributed by atoms with Gasteiger partial charge in [0.25, 0.3) is 0 Å². The van der Waals surface area contributed by atoms with Crippen molar-refractivity contribution in [2.45, 2.75) is 32.1 Å². The topological polar surface area (TPSA) is 121 Å². The Kier molecular flexibility index (Phi) is 11.7. The Bertz CT molecular complexity index is 677. The third-order valence-electron chi connectivity index (χ3n) is 4.75. The molecule has 9 heteroatoms. The number of hydrogen-bond donors (Lipinski definition) is 2. The molecule has 2 rings (SSSR count). The van der Waals surface area contributed by atoms with E-state index in [0.29, 0.717) is 90.0 Å². The molecule has 0 saturated heterocycles. The van der Waals surface area contributed by atoms with Crippen molar-refractivity contribution in [1.29, 1.82) is 0 Å². The largest absolute Gasteiger partial charge is 0.487 e. The van der Waals surface area contributed by atoms with E-state index in [0.717, 1.165) is 5.56 Å². The van der Waals surface area contributed by atoms with Gasteiger partial charge in [0.05, 0.1) is 45.6 Å². The van der Waals surface area contributed by atoms with Crippen LogP contribution in [0.4, 0.5) is 0 Å². The zero-order valence-corrected chi connectivity index (χ0v) is 17.8. The molecule has 1 atom stereocenters. The van der Waals surface area contributed by atoms with Gasteiger partial charge in [-0.1, -0.05) is 12.5 Å². The van der Waals surface area contributed by atoms with Crippen LogP contribution in [0.25, 0.3) is 0 Å². The molecule has 1 heterocycles. The van der Waals surface area contributed by atoms with E-state index in [2.05, 4.69) is 0 Å². The zero-order valence-electron chi connectivity index (χ0n) is 17.8. The van der Waals surface area contributed by atoms with Crippen molar-refractivity contribution in [3.63, 3.8) is 0 Å². The standard InChI is InChI=1S/C22H32O9/c23-21(24)4-2-1-3-18(22(25)26)15-17-5-6-19-20(16-17)31-14-12-29-10-8-27-7-9-28-11-13-30-19/h5-6,16,18H,1-4,7-15H2,(H,23,24)(H,25,26). The number of aliphatic carboxylic acids is 2. The number of carboxylic acids is 2. The first-order valence-corrected chi connectivity index (χ1v) is 10.6. The quantitative estimate of drug-likeness (QED) is 0.587. The van der Waals surface area contributed by atoms with Crippen LogP contribution in [0, 0.1) is 5.92 Å². The average molecular weight is 440 g/mol. The molecule has 0 saturated carbocycles. The van der Waals surface area contributed by atoms with E-state index in [1.165, 1.54) is 0 Å². The Morgan fingerprint density at radius 2 is 1.39 bits per heavy atom. The highest BCUT2D eigenvalue weighted by Crippen LogP contribution is 2.30. The number of fused-ring (bicyclic) bond motifs is 1. The Hall–Kier alpha value is -2.36. The van der Waals surface area contributed by atoms with Crippen molar-refractivity contribution in [1.82, 2.24) is 0 Å². The summed E-state index contributed by atoms with van der Waals surface area (Å²) in [5.74, 6) is -1.26. The zero-order chi connectivity index (χ0) is 22.3. The molecule has 31 heavy (non-hydrogen) atoms. The lowest BCUT2D eigenvalue weighted by Gasteiger charge is -2.16. The normalized spacial score (nSPS) is 17.2. The highest BCUT2D eigenvalue weighted by atomic mass is 16.6. The summed E-state index contributed by atoms with van der Waals surface area (Å²) in [4.78, 5) is 22.3. The van der Waals surface area contributed by atoms with Gasteiger partial charge in [-0.15, -0.1) is 0 Å². The second kappa shape index (κ2) is 14.6. The molecule has 0 amide bonds. The smallest absolute Gasteiger partial charge is 0.306 e. The fraction of sp³-hybridized carbons (Fsp3) is 0.636. The van der Waals surface area contributed by atoms with Crippen molar-refractivity contribution in [3.8, 4) is 11.5 Å². The molecule has 1 unspecified atom stereocenters. The van der Waals surface area contributed by atoms with Gasteiger partial charge in [0.15, 0.2) is 11.5 Å². The fourth-order valence-electron chi connectivity index (χ4n) is 3.14. The fourth-order valence-corrected chi connectivity index (χ4v) is 3.14. The number of rotatable bonds is 8. The minimum Gasteiger partial charge on any atom is -0.487 e. The van der Waals surface area contributed by atoms with Crippen LogP contribution in [0.3, 0.4) is 0 Å². The lowest BCUT2D eigenvalue weighted by atomic mass is 9.93. The molecule has 0 spiro atoms. The molecule has 2 N–H and O–H groups in total. The SMILES string of the molecule is O=C(O)CCCCC(Cc1ccc2c(c1)OCCOCCOCCOCCO2)C(=O)O. The predicted octanol–water partition coefficient (Wildman–Crippen LogP) is 2.40. The van der Waals surface area contributed by atoms with Crippen molar-refractivity contribution >= 4 is 11.9 Å². The number of benzene rings is 1. The first-order chi connectivity index (χ1) is 15.1. The summed E-state index contributed by atoms with van der Waals surface area (Å²) in [5.41, 5.74) is 0.816. The Morgan fingerprint density at radius 1 is 0.806 bits per heavy atom. The minimum atomic E-state index is -0.892. The van der Waals surface area contributed by atoms with Crippen LogP contribution in [-0.2, 0) is 30.2 Å². The van der Waals surface area contributed by atoms with Gasteiger partial charge in [-0.05, 0) is 37.0 Å². The van der Waals surface area contributed by atoms with Gasteiger partial charge in [-0.2, -0.15) is 0 Å². The van der Waals surface area contributed by atoms with E-state index < -0.39 is 17.9 Å². The van der Waals surface area contributed by atoms with E-state index in [-0.39, 0.29) is 6.42 Å². The molecule has 0 aromatic heterocycles. The number of carbonyl (C=O) groups is 2. The van der Waals surface area contributed by atoms with E-state index in [1.807, 2.05) is 6.07 Å². The van der Waals surface area contributed by atoms with Crippen LogP contribution < -0.4 is 9.47 Å². The second-order valence-corrected chi connectivity index (χ2v) is 7.19. The summed E-state index contributed by atoms with van der Waals surface area (Å²) in [6.45, 7) is 3.43. The van der Waals surface area contributed by atoms with E-state index in [9.17, 15) is 14.7 Å². The van der Waals surface area contributed by atoms with Gasteiger partial charge >= 0.3 is 11.9 Å². The molecule has 0 radical (unpaired) electrons. The first-order valence-electron chi connectivity index (χ1n) is 10.6. The molecule has 0 fully saturated rings. The predicted molar refractivity (Wildman–Crippen MR) is 111 cm³/mol. The molecule has 1 aliphatic heterocycles. The summed E-state index contributed by atoms with van der Waals surface area (Å²) < 4.78 is 27.9. The van der Waals surface area contributed by atoms with E-state index in [1.54, 1.807) is 12.1 Å². The summed E-state index contributed by atoms with van der Waals surface area (Å²) in [5, 5.41) is 18.3. The van der Waals surface area contributed by atoms with Gasteiger partial charge in [0.1, 0.15) is 13.2 Å². The van der Waals surface area contributed by atoms with Crippen LogP contribution in [0.2, 0.25) is 0 Å². The molecular weight excluding hydrogens is 408 g/mol. The molecule has 0 bridgehead atoms. The number of carboxylic acid groups (broad SMARTS) is 2. The maximum Gasteiger partial charge on any atom is 0.306 e. The van der Waals surface area contributed by atoms with Crippen molar-refractivity contribution in [2.24, 2.45) is 5.92 Å². The van der Waals surface area contributed by atoms with Gasteiger partial charge < -0.3 is 33.9 Å². The molecule has 9 nitrogen and oxygen atoms in total. The van der Waals surface area contributed by atoms with E-state index >= 15 is 0 Å². The van der Waals surface area contributed by atoms with Crippen LogP contribution >= 0.6 is 0 Å². The first kappa shape index (κ1) is 24.9. The van der Waals surface area contributed by atoms with Gasteiger partial charge in [0, 0.05) is 6.42 Å². The molecular formula is C22H32O9. The van der Waals surface area contributed by atoms with Gasteiger partial charge in [-0.25, -0.2) is 0 Å². The third kappa shape index (κ3) is 10.5. The Morgan fingerprint density at radius 3 is 1.97 bits per heavy atom. The molecule has 1 aromatic rings. The van der Waals surface area contributed by atoms with Crippen molar-refractivity contribution in [3.05, 3.63) is 23.8 Å².